The Balaban J connectivity index is 2.99. The number of nitrogens with zero attached hydrogens (tertiary/aromatic N) is 6. The second-order valence-electron chi connectivity index (χ2n) is 4.40. The van der Waals surface area contributed by atoms with Gasteiger partial charge in [0.2, 0.25) is 12.2 Å². The summed E-state index contributed by atoms with van der Waals surface area (Å²) in [7, 11) is 0. The Kier molecular flexibility index (Phi) is 6.80. The third-order valence-corrected chi connectivity index (χ3v) is 3.52. The zero-order chi connectivity index (χ0) is 16.9. The minimum atomic E-state index is -2.18. The standard InChI is InChI=1S/C9H11Cl3FN7O2/c1-3-4(2-17-19-15)21-7(6(5(3)13)18-20-16)22-8(14)9(10,11)12/h3-7,14H,2H2,1H3/t3-,4-,5-,6-,7-/m1/s1. The van der Waals surface area contributed by atoms with Crippen LogP contribution in [-0.2, 0) is 9.47 Å². The summed E-state index contributed by atoms with van der Waals surface area (Å²) in [6.45, 7) is 1.33. The molecular formula is C9H11Cl3FN7O2. The van der Waals surface area contributed by atoms with Crippen molar-refractivity contribution < 1.29 is 13.9 Å². The van der Waals surface area contributed by atoms with Crippen molar-refractivity contribution in [3.8, 4) is 0 Å². The highest BCUT2D eigenvalue weighted by Gasteiger charge is 2.46. The number of nitrogens with one attached hydrogen (secondary N) is 1. The van der Waals surface area contributed by atoms with Gasteiger partial charge in [0.15, 0.2) is 0 Å². The largest absolute Gasteiger partial charge is 0.448 e. The van der Waals surface area contributed by atoms with Crippen LogP contribution >= 0.6 is 34.8 Å². The molecule has 0 radical (unpaired) electrons. The van der Waals surface area contributed by atoms with Crippen LogP contribution in [0, 0.1) is 11.3 Å². The Morgan fingerprint density at radius 1 is 1.41 bits per heavy atom. The summed E-state index contributed by atoms with van der Waals surface area (Å²) in [5.41, 5.74) is 16.9. The van der Waals surface area contributed by atoms with E-state index in [0.717, 1.165) is 0 Å². The maximum atomic E-state index is 14.4. The Bertz CT molecular complexity index is 516. The molecule has 1 saturated heterocycles. The maximum Gasteiger partial charge on any atom is 0.265 e. The molecule has 0 aromatic carbocycles. The van der Waals surface area contributed by atoms with Crippen LogP contribution in [-0.4, -0.2) is 40.8 Å². The van der Waals surface area contributed by atoms with Gasteiger partial charge >= 0.3 is 0 Å². The number of hydrogen-bond donors (Lipinski definition) is 1. The third kappa shape index (κ3) is 4.67. The summed E-state index contributed by atoms with van der Waals surface area (Å²) in [5.74, 6) is -1.55. The predicted octanol–water partition coefficient (Wildman–Crippen LogP) is 4.04. The first-order valence-corrected chi connectivity index (χ1v) is 7.02. The van der Waals surface area contributed by atoms with Crippen molar-refractivity contribution in [3.05, 3.63) is 20.9 Å². The molecule has 13 heteroatoms. The van der Waals surface area contributed by atoms with Crippen molar-refractivity contribution in [2.75, 3.05) is 6.54 Å². The smallest absolute Gasteiger partial charge is 0.265 e. The lowest BCUT2D eigenvalue weighted by Crippen LogP contribution is -2.53. The second-order valence-corrected chi connectivity index (χ2v) is 6.68. The minimum Gasteiger partial charge on any atom is -0.448 e. The summed E-state index contributed by atoms with van der Waals surface area (Å²) in [6.07, 6.45) is -3.98. The molecule has 0 aromatic heterocycles. The predicted molar refractivity (Wildman–Crippen MR) is 78.8 cm³/mol. The fourth-order valence-corrected chi connectivity index (χ4v) is 1.96. The summed E-state index contributed by atoms with van der Waals surface area (Å²) >= 11 is 16.4. The van der Waals surface area contributed by atoms with E-state index in [4.69, 9.17) is 60.7 Å². The summed E-state index contributed by atoms with van der Waals surface area (Å²) in [4.78, 5) is 5.09. The molecule has 0 spiro atoms. The van der Waals surface area contributed by atoms with E-state index in [-0.39, 0.29) is 6.54 Å². The molecule has 0 amide bonds. The molecule has 1 aliphatic rings. The average Bonchev–Trinajstić information content (AvgIpc) is 2.44. The topological polar surface area (TPSA) is 140 Å². The highest BCUT2D eigenvalue weighted by Crippen LogP contribution is 2.34. The number of ether oxygens (including phenoxy) is 2. The Morgan fingerprint density at radius 3 is 2.55 bits per heavy atom. The molecule has 5 atom stereocenters. The van der Waals surface area contributed by atoms with E-state index in [9.17, 15) is 4.39 Å². The van der Waals surface area contributed by atoms with Crippen LogP contribution in [0.4, 0.5) is 4.39 Å². The molecular weight excluding hydrogens is 364 g/mol. The first-order valence-electron chi connectivity index (χ1n) is 5.89. The van der Waals surface area contributed by atoms with E-state index < -0.39 is 40.2 Å². The van der Waals surface area contributed by atoms with Crippen LogP contribution in [0.2, 0.25) is 0 Å². The highest BCUT2D eigenvalue weighted by atomic mass is 35.6. The van der Waals surface area contributed by atoms with Gasteiger partial charge in [-0.15, -0.1) is 0 Å². The number of hydrogen-bond acceptors (Lipinski definition) is 5. The van der Waals surface area contributed by atoms with E-state index in [0.29, 0.717) is 0 Å². The van der Waals surface area contributed by atoms with Gasteiger partial charge in [-0.2, -0.15) is 0 Å². The van der Waals surface area contributed by atoms with Gasteiger partial charge in [0.25, 0.3) is 3.79 Å². The van der Waals surface area contributed by atoms with Crippen LogP contribution in [0.5, 0.6) is 0 Å². The summed E-state index contributed by atoms with van der Waals surface area (Å²) in [6, 6.07) is -1.38. The molecule has 9 nitrogen and oxygen atoms in total. The van der Waals surface area contributed by atoms with Gasteiger partial charge in [-0.1, -0.05) is 52.0 Å². The normalized spacial score (nSPS) is 31.6. The van der Waals surface area contributed by atoms with Gasteiger partial charge < -0.3 is 9.47 Å². The van der Waals surface area contributed by atoms with Crippen LogP contribution in [0.3, 0.4) is 0 Å². The number of azide groups is 2. The van der Waals surface area contributed by atoms with E-state index in [1.54, 1.807) is 0 Å². The Morgan fingerprint density at radius 2 is 2.05 bits per heavy atom. The van der Waals surface area contributed by atoms with Crippen molar-refractivity contribution in [2.24, 2.45) is 16.1 Å². The van der Waals surface area contributed by atoms with E-state index >= 15 is 0 Å². The molecule has 0 aromatic rings. The minimum absolute atomic E-state index is 0.165. The zero-order valence-electron chi connectivity index (χ0n) is 11.1. The van der Waals surface area contributed by atoms with E-state index in [2.05, 4.69) is 20.1 Å². The number of halogens is 4. The molecule has 0 saturated carbocycles. The summed E-state index contributed by atoms with van der Waals surface area (Å²) in [5, 5.41) is 14.1. The third-order valence-electron chi connectivity index (χ3n) is 3.00. The molecule has 0 aliphatic carbocycles. The molecule has 1 aliphatic heterocycles. The summed E-state index contributed by atoms with van der Waals surface area (Å²) < 4.78 is 22.6. The fraction of sp³-hybridized carbons (Fsp3) is 0.889. The van der Waals surface area contributed by atoms with Crippen LogP contribution in [0.1, 0.15) is 6.92 Å². The van der Waals surface area contributed by atoms with E-state index in [1.807, 2.05) is 0 Å². The van der Waals surface area contributed by atoms with E-state index in [1.165, 1.54) is 6.92 Å². The van der Waals surface area contributed by atoms with Crippen LogP contribution in [0.25, 0.3) is 20.9 Å². The molecule has 1 heterocycles. The molecule has 1 fully saturated rings. The maximum absolute atomic E-state index is 14.4. The quantitative estimate of drug-likeness (QED) is 0.198. The molecule has 0 bridgehead atoms. The van der Waals surface area contributed by atoms with Gasteiger partial charge in [-0.25, -0.2) is 4.39 Å². The van der Waals surface area contributed by atoms with Crippen molar-refractivity contribution >= 4 is 40.7 Å². The van der Waals surface area contributed by atoms with Crippen LogP contribution in [0.15, 0.2) is 10.2 Å². The Labute approximate surface area is 139 Å². The van der Waals surface area contributed by atoms with Crippen molar-refractivity contribution in [1.29, 1.82) is 5.41 Å². The first-order chi connectivity index (χ1) is 10.2. The molecule has 1 N–H and O–H groups in total. The molecule has 122 valence electrons. The lowest BCUT2D eigenvalue weighted by Gasteiger charge is -2.40. The molecule has 22 heavy (non-hydrogen) atoms. The number of rotatable bonds is 4. The van der Waals surface area contributed by atoms with Crippen molar-refractivity contribution in [2.45, 2.75) is 35.3 Å². The van der Waals surface area contributed by atoms with Gasteiger partial charge in [0.05, 0.1) is 12.6 Å². The Hall–Kier alpha value is -1.15. The second kappa shape index (κ2) is 7.92. The lowest BCUT2D eigenvalue weighted by molar-refractivity contribution is -0.200. The fourth-order valence-electron chi connectivity index (χ4n) is 1.83. The number of alkyl halides is 4. The first kappa shape index (κ1) is 18.9. The van der Waals surface area contributed by atoms with Crippen LogP contribution < -0.4 is 0 Å². The lowest BCUT2D eigenvalue weighted by atomic mass is 9.90. The van der Waals surface area contributed by atoms with Gasteiger partial charge in [0, 0.05) is 15.7 Å². The monoisotopic (exact) mass is 373 g/mol. The average molecular weight is 375 g/mol. The molecule has 1 rings (SSSR count). The van der Waals surface area contributed by atoms with Gasteiger partial charge in [-0.05, 0) is 11.1 Å². The van der Waals surface area contributed by atoms with Crippen molar-refractivity contribution in [3.63, 3.8) is 0 Å². The van der Waals surface area contributed by atoms with Gasteiger partial charge in [0.1, 0.15) is 12.2 Å². The van der Waals surface area contributed by atoms with Gasteiger partial charge in [-0.3, -0.25) is 5.41 Å². The SMILES string of the molecule is C[C@H]1[C@@H](F)[C@@H](N=[N+]=[N-])[C@@H](OC(=N)C(Cl)(Cl)Cl)O[C@@H]1CN=[N+]=[N-]. The zero-order valence-corrected chi connectivity index (χ0v) is 13.4. The van der Waals surface area contributed by atoms with Crippen molar-refractivity contribution in [1.82, 2.24) is 0 Å². The highest BCUT2D eigenvalue weighted by molar-refractivity contribution is 6.76. The molecule has 0 unspecified atom stereocenters.